The molecule has 1 aliphatic rings. The molecule has 2 aromatic heterocycles. The van der Waals surface area contributed by atoms with Gasteiger partial charge in [-0.25, -0.2) is 4.98 Å². The highest BCUT2D eigenvalue weighted by molar-refractivity contribution is 7.98. The van der Waals surface area contributed by atoms with Gasteiger partial charge >= 0.3 is 0 Å². The molecule has 6 heteroatoms. The van der Waals surface area contributed by atoms with Crippen molar-refractivity contribution in [2.75, 3.05) is 6.26 Å². The van der Waals surface area contributed by atoms with Gasteiger partial charge in [0.1, 0.15) is 4.83 Å². The number of rotatable bonds is 3. The summed E-state index contributed by atoms with van der Waals surface area (Å²) in [6, 6.07) is 8.03. The number of ether oxygens (including phenoxy) is 1. The van der Waals surface area contributed by atoms with Crippen LogP contribution in [0.15, 0.2) is 34.2 Å². The maximum atomic E-state index is 13.5. The summed E-state index contributed by atoms with van der Waals surface area (Å²) < 4.78 is 7.81. The summed E-state index contributed by atoms with van der Waals surface area (Å²) in [4.78, 5) is 20.3. The Bertz CT molecular complexity index is 1040. The van der Waals surface area contributed by atoms with Crippen molar-refractivity contribution in [2.24, 2.45) is 0 Å². The molecule has 3 heterocycles. The van der Waals surface area contributed by atoms with Crippen LogP contribution in [-0.4, -0.2) is 21.4 Å². The number of thiophene rings is 1. The minimum absolute atomic E-state index is 0.0288. The average Bonchev–Trinajstić information content (AvgIpc) is 3.00. The molecule has 0 unspecified atom stereocenters. The lowest BCUT2D eigenvalue weighted by Gasteiger charge is -2.32. The summed E-state index contributed by atoms with van der Waals surface area (Å²) in [6.45, 7) is 6.87. The van der Waals surface area contributed by atoms with E-state index in [1.165, 1.54) is 17.3 Å². The van der Waals surface area contributed by atoms with E-state index in [9.17, 15) is 4.79 Å². The molecule has 1 aliphatic heterocycles. The molecule has 26 heavy (non-hydrogen) atoms. The number of aryl methyl sites for hydroxylation is 1. The maximum Gasteiger partial charge on any atom is 0.267 e. The number of aromatic nitrogens is 2. The Hall–Kier alpha value is -1.63. The second-order valence-electron chi connectivity index (χ2n) is 7.03. The van der Waals surface area contributed by atoms with Gasteiger partial charge in [0, 0.05) is 11.3 Å². The van der Waals surface area contributed by atoms with Crippen molar-refractivity contribution in [1.29, 1.82) is 0 Å². The molecule has 3 aromatic rings. The highest BCUT2D eigenvalue weighted by Crippen LogP contribution is 2.38. The standard InChI is InChI=1S/C20H22N2O2S2/c1-5-20(3)10-14-15(11-24-20)26-17-16(14)18(23)22(19(21-17)25-4)13-8-6-12(2)7-9-13/h6-9H,5,10-11H2,1-4H3/t20-/m0/s1. The first-order chi connectivity index (χ1) is 12.5. The number of nitrogens with zero attached hydrogens (tertiary/aromatic N) is 2. The first-order valence-corrected chi connectivity index (χ1v) is 10.8. The topological polar surface area (TPSA) is 44.1 Å². The van der Waals surface area contributed by atoms with Gasteiger partial charge in [0.2, 0.25) is 0 Å². The van der Waals surface area contributed by atoms with E-state index < -0.39 is 0 Å². The molecule has 0 radical (unpaired) electrons. The van der Waals surface area contributed by atoms with Crippen molar-refractivity contribution in [3.63, 3.8) is 0 Å². The Balaban J connectivity index is 1.99. The summed E-state index contributed by atoms with van der Waals surface area (Å²) in [5, 5.41) is 1.50. The molecule has 136 valence electrons. The van der Waals surface area contributed by atoms with Crippen LogP contribution >= 0.6 is 23.1 Å². The third kappa shape index (κ3) is 2.80. The van der Waals surface area contributed by atoms with Gasteiger partial charge in [-0.15, -0.1) is 11.3 Å². The molecule has 0 aliphatic carbocycles. The van der Waals surface area contributed by atoms with Crippen molar-refractivity contribution in [3.8, 4) is 5.69 Å². The van der Waals surface area contributed by atoms with Crippen LogP contribution in [0.1, 0.15) is 36.3 Å². The first-order valence-electron chi connectivity index (χ1n) is 8.78. The van der Waals surface area contributed by atoms with Gasteiger partial charge < -0.3 is 4.74 Å². The molecule has 0 fully saturated rings. The number of thioether (sulfide) groups is 1. The minimum atomic E-state index is -0.208. The van der Waals surface area contributed by atoms with Crippen molar-refractivity contribution in [2.45, 2.75) is 51.0 Å². The van der Waals surface area contributed by atoms with E-state index in [1.807, 2.05) is 37.4 Å². The highest BCUT2D eigenvalue weighted by atomic mass is 32.2. The lowest BCUT2D eigenvalue weighted by Crippen LogP contribution is -2.34. The predicted octanol–water partition coefficient (Wildman–Crippen LogP) is 4.72. The van der Waals surface area contributed by atoms with Crippen LogP contribution in [0.3, 0.4) is 0 Å². The fraction of sp³-hybridized carbons (Fsp3) is 0.400. The summed E-state index contributed by atoms with van der Waals surface area (Å²) in [5.41, 5.74) is 2.99. The monoisotopic (exact) mass is 386 g/mol. The molecular formula is C20H22N2O2S2. The third-order valence-corrected chi connectivity index (χ3v) is 6.94. The molecule has 4 nitrogen and oxygen atoms in total. The molecular weight excluding hydrogens is 364 g/mol. The normalized spacial score (nSPS) is 19.7. The zero-order valence-corrected chi connectivity index (χ0v) is 17.1. The van der Waals surface area contributed by atoms with Crippen molar-refractivity contribution in [3.05, 3.63) is 50.6 Å². The first kappa shape index (κ1) is 17.8. The van der Waals surface area contributed by atoms with Crippen molar-refractivity contribution < 1.29 is 4.74 Å². The Morgan fingerprint density at radius 2 is 2.08 bits per heavy atom. The summed E-state index contributed by atoms with van der Waals surface area (Å²) in [6.07, 6.45) is 3.65. The molecule has 0 bridgehead atoms. The fourth-order valence-electron chi connectivity index (χ4n) is 3.39. The van der Waals surface area contributed by atoms with E-state index >= 15 is 0 Å². The number of fused-ring (bicyclic) bond motifs is 3. The third-order valence-electron chi connectivity index (χ3n) is 5.20. The van der Waals surface area contributed by atoms with E-state index in [0.717, 1.165) is 44.3 Å². The number of hydrogen-bond acceptors (Lipinski definition) is 5. The van der Waals surface area contributed by atoms with Gasteiger partial charge in [-0.2, -0.15) is 0 Å². The van der Waals surface area contributed by atoms with Crippen LogP contribution in [0.4, 0.5) is 0 Å². The molecule has 1 aromatic carbocycles. The number of hydrogen-bond donors (Lipinski definition) is 0. The molecule has 1 atom stereocenters. The van der Waals surface area contributed by atoms with Gasteiger partial charge in [-0.05, 0) is 44.2 Å². The number of benzene rings is 1. The van der Waals surface area contributed by atoms with Crippen molar-refractivity contribution in [1.82, 2.24) is 9.55 Å². The van der Waals surface area contributed by atoms with E-state index in [0.29, 0.717) is 6.61 Å². The Kier molecular flexibility index (Phi) is 4.45. The van der Waals surface area contributed by atoms with Crippen LogP contribution in [-0.2, 0) is 17.8 Å². The summed E-state index contributed by atoms with van der Waals surface area (Å²) in [5.74, 6) is 0. The van der Waals surface area contributed by atoms with E-state index in [4.69, 9.17) is 9.72 Å². The van der Waals surface area contributed by atoms with E-state index in [1.54, 1.807) is 15.9 Å². The minimum Gasteiger partial charge on any atom is -0.369 e. The maximum absolute atomic E-state index is 13.5. The Labute approximate surface area is 161 Å². The molecule has 0 saturated carbocycles. The molecule has 0 spiro atoms. The fourth-order valence-corrected chi connectivity index (χ4v) is 5.09. The van der Waals surface area contributed by atoms with Gasteiger partial charge in [0.05, 0.1) is 23.3 Å². The van der Waals surface area contributed by atoms with Crippen LogP contribution in [0.2, 0.25) is 0 Å². The zero-order chi connectivity index (χ0) is 18.5. The summed E-state index contributed by atoms with van der Waals surface area (Å²) in [7, 11) is 0. The van der Waals surface area contributed by atoms with Crippen LogP contribution in [0.25, 0.3) is 15.9 Å². The molecule has 0 amide bonds. The van der Waals surface area contributed by atoms with Gasteiger partial charge in [-0.1, -0.05) is 36.4 Å². The highest BCUT2D eigenvalue weighted by Gasteiger charge is 2.33. The van der Waals surface area contributed by atoms with Gasteiger partial charge in [0.15, 0.2) is 5.16 Å². The van der Waals surface area contributed by atoms with Crippen LogP contribution in [0, 0.1) is 6.92 Å². The SMILES string of the molecule is CC[C@@]1(C)Cc2c(sc3nc(SC)n(-c4ccc(C)cc4)c(=O)c23)CO1. The molecule has 4 rings (SSSR count). The molecule has 0 N–H and O–H groups in total. The van der Waals surface area contributed by atoms with Crippen LogP contribution in [0.5, 0.6) is 0 Å². The lowest BCUT2D eigenvalue weighted by molar-refractivity contribution is -0.0543. The largest absolute Gasteiger partial charge is 0.369 e. The quantitative estimate of drug-likeness (QED) is 0.483. The van der Waals surface area contributed by atoms with Gasteiger partial charge in [-0.3, -0.25) is 9.36 Å². The summed E-state index contributed by atoms with van der Waals surface area (Å²) >= 11 is 3.10. The average molecular weight is 387 g/mol. The van der Waals surface area contributed by atoms with Crippen molar-refractivity contribution >= 4 is 33.3 Å². The Morgan fingerprint density at radius 1 is 1.35 bits per heavy atom. The smallest absolute Gasteiger partial charge is 0.267 e. The Morgan fingerprint density at radius 3 is 2.73 bits per heavy atom. The molecule has 0 saturated heterocycles. The second-order valence-corrected chi connectivity index (χ2v) is 8.88. The van der Waals surface area contributed by atoms with E-state index in [-0.39, 0.29) is 11.2 Å². The van der Waals surface area contributed by atoms with Gasteiger partial charge in [0.25, 0.3) is 5.56 Å². The predicted molar refractivity (Wildman–Crippen MR) is 109 cm³/mol. The lowest BCUT2D eigenvalue weighted by atomic mass is 9.90. The van der Waals surface area contributed by atoms with E-state index in [2.05, 4.69) is 13.8 Å². The van der Waals surface area contributed by atoms with Crippen LogP contribution < -0.4 is 5.56 Å². The second kappa shape index (κ2) is 6.51. The zero-order valence-electron chi connectivity index (χ0n) is 15.5.